The number of fused-ring (bicyclic) bond motifs is 1. The molecule has 0 saturated carbocycles. The van der Waals surface area contributed by atoms with Crippen LogP contribution >= 0.6 is 11.8 Å². The van der Waals surface area contributed by atoms with Gasteiger partial charge in [-0.1, -0.05) is 18.2 Å². The number of hydrogen-bond donors (Lipinski definition) is 2. The Morgan fingerprint density at radius 1 is 1.44 bits per heavy atom. The lowest BCUT2D eigenvalue weighted by atomic mass is 10.00. The average molecular weight is 265 g/mol. The molecule has 0 amide bonds. The van der Waals surface area contributed by atoms with Gasteiger partial charge >= 0.3 is 0 Å². The number of ether oxygens (including phenoxy) is 1. The number of rotatable bonds is 3. The van der Waals surface area contributed by atoms with Crippen LogP contribution in [0.5, 0.6) is 0 Å². The first-order valence-corrected chi connectivity index (χ1v) is 7.51. The minimum absolute atomic E-state index is 0.368. The highest BCUT2D eigenvalue weighted by Crippen LogP contribution is 2.36. The van der Waals surface area contributed by atoms with Crippen LogP contribution in [0.25, 0.3) is 0 Å². The largest absolute Gasteiger partial charge is 0.386 e. The zero-order valence-electron chi connectivity index (χ0n) is 10.4. The van der Waals surface area contributed by atoms with Crippen molar-refractivity contribution in [3.63, 3.8) is 0 Å². The molecule has 2 atom stereocenters. The van der Waals surface area contributed by atoms with E-state index in [1.807, 2.05) is 11.8 Å². The van der Waals surface area contributed by atoms with Gasteiger partial charge in [0.05, 0.1) is 6.61 Å². The summed E-state index contributed by atoms with van der Waals surface area (Å²) in [5, 5.41) is 13.8. The van der Waals surface area contributed by atoms with E-state index in [-0.39, 0.29) is 0 Å². The predicted molar refractivity (Wildman–Crippen MR) is 72.9 cm³/mol. The van der Waals surface area contributed by atoms with E-state index in [2.05, 4.69) is 29.6 Å². The first-order chi connectivity index (χ1) is 8.77. The fourth-order valence-corrected chi connectivity index (χ4v) is 3.73. The summed E-state index contributed by atoms with van der Waals surface area (Å²) in [6, 6.07) is 8.92. The predicted octanol–water partition coefficient (Wildman–Crippen LogP) is 1.96. The van der Waals surface area contributed by atoms with Crippen molar-refractivity contribution in [2.24, 2.45) is 0 Å². The van der Waals surface area contributed by atoms with Crippen LogP contribution in [0.2, 0.25) is 0 Å². The SMILES string of the molecule is O[C@]1(CN[C@H]2CCSc3ccccc32)CCOC1. The van der Waals surface area contributed by atoms with Crippen LogP contribution in [-0.2, 0) is 4.74 Å². The lowest BCUT2D eigenvalue weighted by Gasteiger charge is -2.29. The average Bonchev–Trinajstić information content (AvgIpc) is 2.84. The molecule has 0 aliphatic carbocycles. The molecule has 98 valence electrons. The maximum Gasteiger partial charge on any atom is 0.103 e. The van der Waals surface area contributed by atoms with Gasteiger partial charge in [-0.05, 0) is 23.8 Å². The van der Waals surface area contributed by atoms with Gasteiger partial charge in [-0.15, -0.1) is 11.8 Å². The van der Waals surface area contributed by atoms with Crippen LogP contribution in [0.1, 0.15) is 24.4 Å². The van der Waals surface area contributed by atoms with Crippen molar-refractivity contribution in [3.05, 3.63) is 29.8 Å². The summed E-state index contributed by atoms with van der Waals surface area (Å²) in [5.41, 5.74) is 0.704. The van der Waals surface area contributed by atoms with Gasteiger partial charge in [0.2, 0.25) is 0 Å². The summed E-state index contributed by atoms with van der Waals surface area (Å²) in [7, 11) is 0. The highest BCUT2D eigenvalue weighted by atomic mass is 32.2. The Morgan fingerprint density at radius 2 is 2.33 bits per heavy atom. The van der Waals surface area contributed by atoms with Crippen molar-refractivity contribution in [2.45, 2.75) is 29.4 Å². The van der Waals surface area contributed by atoms with Crippen molar-refractivity contribution in [1.82, 2.24) is 5.32 Å². The summed E-state index contributed by atoms with van der Waals surface area (Å²) in [6.07, 6.45) is 1.86. The number of aliphatic hydroxyl groups is 1. The van der Waals surface area contributed by atoms with Crippen molar-refractivity contribution < 1.29 is 9.84 Å². The zero-order valence-corrected chi connectivity index (χ0v) is 11.2. The summed E-state index contributed by atoms with van der Waals surface area (Å²) in [5.74, 6) is 1.14. The molecule has 18 heavy (non-hydrogen) atoms. The third-order valence-electron chi connectivity index (χ3n) is 3.72. The summed E-state index contributed by atoms with van der Waals surface area (Å²) < 4.78 is 5.28. The second kappa shape index (κ2) is 5.21. The van der Waals surface area contributed by atoms with E-state index in [1.165, 1.54) is 10.5 Å². The maximum absolute atomic E-state index is 10.3. The minimum Gasteiger partial charge on any atom is -0.386 e. The number of benzene rings is 1. The smallest absolute Gasteiger partial charge is 0.103 e. The second-order valence-corrected chi connectivity index (χ2v) is 6.27. The fourth-order valence-electron chi connectivity index (χ4n) is 2.60. The maximum atomic E-state index is 10.3. The topological polar surface area (TPSA) is 41.5 Å². The van der Waals surface area contributed by atoms with Gasteiger partial charge in [0.15, 0.2) is 0 Å². The van der Waals surface area contributed by atoms with Gasteiger partial charge in [-0.2, -0.15) is 0 Å². The highest BCUT2D eigenvalue weighted by molar-refractivity contribution is 7.99. The molecule has 4 heteroatoms. The molecule has 2 aliphatic heterocycles. The van der Waals surface area contributed by atoms with Gasteiger partial charge in [0.25, 0.3) is 0 Å². The number of nitrogens with one attached hydrogen (secondary N) is 1. The first kappa shape index (κ1) is 12.5. The molecule has 2 aliphatic rings. The molecule has 2 N–H and O–H groups in total. The van der Waals surface area contributed by atoms with Crippen LogP contribution in [0.4, 0.5) is 0 Å². The van der Waals surface area contributed by atoms with E-state index < -0.39 is 5.60 Å². The molecule has 3 rings (SSSR count). The molecular formula is C14H19NO2S. The van der Waals surface area contributed by atoms with E-state index in [4.69, 9.17) is 4.74 Å². The van der Waals surface area contributed by atoms with Crippen LogP contribution in [0.3, 0.4) is 0 Å². The molecule has 1 aromatic rings. The fraction of sp³-hybridized carbons (Fsp3) is 0.571. The van der Waals surface area contributed by atoms with Crippen LogP contribution in [0.15, 0.2) is 29.2 Å². The summed E-state index contributed by atoms with van der Waals surface area (Å²) in [4.78, 5) is 1.37. The molecule has 1 aromatic carbocycles. The molecular weight excluding hydrogens is 246 g/mol. The summed E-state index contributed by atoms with van der Waals surface area (Å²) >= 11 is 1.92. The van der Waals surface area contributed by atoms with E-state index in [0.717, 1.165) is 18.6 Å². The van der Waals surface area contributed by atoms with Crippen LogP contribution in [0, 0.1) is 0 Å². The number of hydrogen-bond acceptors (Lipinski definition) is 4. The zero-order chi connectivity index (χ0) is 12.4. The molecule has 1 saturated heterocycles. The number of thioether (sulfide) groups is 1. The van der Waals surface area contributed by atoms with Crippen LogP contribution in [-0.4, -0.2) is 36.2 Å². The molecule has 1 fully saturated rings. The van der Waals surface area contributed by atoms with Gasteiger partial charge in [-0.25, -0.2) is 0 Å². The molecule has 0 unspecified atom stereocenters. The molecule has 0 aromatic heterocycles. The monoisotopic (exact) mass is 265 g/mol. The Bertz CT molecular complexity index is 418. The van der Waals surface area contributed by atoms with Crippen molar-refractivity contribution >= 4 is 11.8 Å². The third kappa shape index (κ3) is 2.57. The standard InChI is InChI=1S/C14H19NO2S/c16-14(6-7-17-10-14)9-15-12-5-8-18-13-4-2-1-3-11(12)13/h1-4,12,15-16H,5-10H2/t12-,14-/m0/s1. The molecule has 2 heterocycles. The lowest BCUT2D eigenvalue weighted by molar-refractivity contribution is 0.0246. The Kier molecular flexibility index (Phi) is 3.61. The molecule has 3 nitrogen and oxygen atoms in total. The lowest BCUT2D eigenvalue weighted by Crippen LogP contribution is -2.42. The molecule has 0 spiro atoms. The Balaban J connectivity index is 1.67. The Hall–Kier alpha value is -0.550. The van der Waals surface area contributed by atoms with Crippen molar-refractivity contribution in [2.75, 3.05) is 25.5 Å². The van der Waals surface area contributed by atoms with E-state index in [9.17, 15) is 5.11 Å². The molecule has 0 radical (unpaired) electrons. The van der Waals surface area contributed by atoms with E-state index in [0.29, 0.717) is 25.8 Å². The normalized spacial score (nSPS) is 31.3. The van der Waals surface area contributed by atoms with Gasteiger partial charge in [0, 0.05) is 30.5 Å². The first-order valence-electron chi connectivity index (χ1n) is 6.52. The third-order valence-corrected chi connectivity index (χ3v) is 4.84. The van der Waals surface area contributed by atoms with Gasteiger partial charge in [0.1, 0.15) is 5.60 Å². The Morgan fingerprint density at radius 3 is 3.17 bits per heavy atom. The van der Waals surface area contributed by atoms with Crippen LogP contribution < -0.4 is 5.32 Å². The summed E-state index contributed by atoms with van der Waals surface area (Å²) in [6.45, 7) is 1.76. The second-order valence-electron chi connectivity index (χ2n) is 5.14. The van der Waals surface area contributed by atoms with Gasteiger partial charge < -0.3 is 15.2 Å². The highest BCUT2D eigenvalue weighted by Gasteiger charge is 2.33. The van der Waals surface area contributed by atoms with E-state index in [1.54, 1.807) is 0 Å². The van der Waals surface area contributed by atoms with E-state index >= 15 is 0 Å². The van der Waals surface area contributed by atoms with Gasteiger partial charge in [-0.3, -0.25) is 0 Å². The van der Waals surface area contributed by atoms with Crippen molar-refractivity contribution in [3.8, 4) is 0 Å². The minimum atomic E-state index is -0.667. The quantitative estimate of drug-likeness (QED) is 0.877. The molecule has 0 bridgehead atoms. The Labute approximate surface area is 112 Å². The van der Waals surface area contributed by atoms with Crippen molar-refractivity contribution in [1.29, 1.82) is 0 Å².